The van der Waals surface area contributed by atoms with Gasteiger partial charge in [0.25, 0.3) is 0 Å². The molecule has 1 aromatic rings. The first-order valence-electron chi connectivity index (χ1n) is 6.21. The number of nitrogens with one attached hydrogen (secondary N) is 1. The summed E-state index contributed by atoms with van der Waals surface area (Å²) in [6.07, 6.45) is 1.43. The van der Waals surface area contributed by atoms with Crippen molar-refractivity contribution in [2.24, 2.45) is 0 Å². The molecule has 1 amide bonds. The summed E-state index contributed by atoms with van der Waals surface area (Å²) in [5.41, 5.74) is 1.19. The molecular formula is C14H22N2O2. The minimum atomic E-state index is 0.0682. The van der Waals surface area contributed by atoms with Gasteiger partial charge in [0.15, 0.2) is 0 Å². The minimum Gasteiger partial charge on any atom is -0.508 e. The van der Waals surface area contributed by atoms with Crippen LogP contribution in [0.15, 0.2) is 24.3 Å². The molecule has 0 radical (unpaired) electrons. The number of phenolic OH excluding ortho intramolecular Hbond substituents is 1. The first kappa shape index (κ1) is 14.5. The molecule has 0 aliphatic rings. The highest BCUT2D eigenvalue weighted by molar-refractivity contribution is 5.75. The molecule has 0 aliphatic carbocycles. The second-order valence-electron chi connectivity index (χ2n) is 4.62. The lowest BCUT2D eigenvalue weighted by atomic mass is 10.1. The molecule has 0 saturated carbocycles. The van der Waals surface area contributed by atoms with Gasteiger partial charge in [-0.25, -0.2) is 0 Å². The molecule has 4 heteroatoms. The summed E-state index contributed by atoms with van der Waals surface area (Å²) in [4.78, 5) is 13.3. The minimum absolute atomic E-state index is 0.0682. The second-order valence-corrected chi connectivity index (χ2v) is 4.62. The molecule has 0 fully saturated rings. The maximum atomic E-state index is 11.2. The van der Waals surface area contributed by atoms with E-state index in [1.807, 2.05) is 19.2 Å². The van der Waals surface area contributed by atoms with E-state index in [-0.39, 0.29) is 5.91 Å². The number of nitrogens with zero attached hydrogens (tertiary/aromatic N) is 1. The quantitative estimate of drug-likeness (QED) is 0.802. The lowest BCUT2D eigenvalue weighted by Crippen LogP contribution is -2.34. The van der Waals surface area contributed by atoms with Gasteiger partial charge in [0.1, 0.15) is 5.75 Å². The lowest BCUT2D eigenvalue weighted by molar-refractivity contribution is -0.120. The number of hydrogen-bond donors (Lipinski definition) is 2. The summed E-state index contributed by atoms with van der Waals surface area (Å²) < 4.78 is 0. The van der Waals surface area contributed by atoms with Crippen molar-refractivity contribution < 1.29 is 9.90 Å². The average molecular weight is 250 g/mol. The third kappa shape index (κ3) is 4.75. The monoisotopic (exact) mass is 250 g/mol. The Morgan fingerprint density at radius 3 is 2.56 bits per heavy atom. The van der Waals surface area contributed by atoms with Gasteiger partial charge in [0, 0.05) is 26.1 Å². The fourth-order valence-corrected chi connectivity index (χ4v) is 1.75. The topological polar surface area (TPSA) is 52.6 Å². The van der Waals surface area contributed by atoms with E-state index in [0.29, 0.717) is 18.2 Å². The summed E-state index contributed by atoms with van der Waals surface area (Å²) in [6.45, 7) is 2.88. The number of benzene rings is 1. The molecule has 0 bridgehead atoms. The van der Waals surface area contributed by atoms with Crippen LogP contribution < -0.4 is 5.32 Å². The van der Waals surface area contributed by atoms with Crippen molar-refractivity contribution in [2.75, 3.05) is 20.6 Å². The van der Waals surface area contributed by atoms with E-state index < -0.39 is 0 Å². The van der Waals surface area contributed by atoms with Gasteiger partial charge in [-0.2, -0.15) is 0 Å². The lowest BCUT2D eigenvalue weighted by Gasteiger charge is -2.24. The van der Waals surface area contributed by atoms with Crippen molar-refractivity contribution in [2.45, 2.75) is 25.8 Å². The Labute approximate surface area is 109 Å². The van der Waals surface area contributed by atoms with Crippen LogP contribution in [0, 0.1) is 0 Å². The van der Waals surface area contributed by atoms with Gasteiger partial charge in [-0.1, -0.05) is 12.1 Å². The van der Waals surface area contributed by atoms with Crippen LogP contribution in [-0.4, -0.2) is 42.6 Å². The number of phenols is 1. The number of aromatic hydroxyl groups is 1. The molecule has 4 nitrogen and oxygen atoms in total. The van der Waals surface area contributed by atoms with Crippen LogP contribution in [0.1, 0.15) is 18.9 Å². The zero-order valence-corrected chi connectivity index (χ0v) is 11.3. The molecule has 1 unspecified atom stereocenters. The van der Waals surface area contributed by atoms with Crippen LogP contribution >= 0.6 is 0 Å². The zero-order chi connectivity index (χ0) is 13.5. The van der Waals surface area contributed by atoms with E-state index >= 15 is 0 Å². The van der Waals surface area contributed by atoms with Crippen molar-refractivity contribution >= 4 is 5.91 Å². The molecule has 1 rings (SSSR count). The van der Waals surface area contributed by atoms with Crippen molar-refractivity contribution in [3.05, 3.63) is 29.8 Å². The maximum absolute atomic E-state index is 11.2. The summed E-state index contributed by atoms with van der Waals surface area (Å²) in [6, 6.07) is 7.62. The van der Waals surface area contributed by atoms with E-state index in [1.54, 1.807) is 19.2 Å². The van der Waals surface area contributed by atoms with Crippen LogP contribution in [0.5, 0.6) is 5.75 Å². The SMILES string of the molecule is CNC(=O)CCN(C)C(C)Cc1ccc(O)cc1. The third-order valence-electron chi connectivity index (χ3n) is 3.19. The molecule has 0 aromatic heterocycles. The van der Waals surface area contributed by atoms with Crippen molar-refractivity contribution in [3.63, 3.8) is 0 Å². The predicted molar refractivity (Wildman–Crippen MR) is 72.6 cm³/mol. The molecular weight excluding hydrogens is 228 g/mol. The number of hydrogen-bond acceptors (Lipinski definition) is 3. The number of carbonyl (C=O) groups is 1. The summed E-state index contributed by atoms with van der Waals surface area (Å²) >= 11 is 0. The fraction of sp³-hybridized carbons (Fsp3) is 0.500. The first-order valence-corrected chi connectivity index (χ1v) is 6.21. The van der Waals surface area contributed by atoms with E-state index in [4.69, 9.17) is 0 Å². The van der Waals surface area contributed by atoms with Crippen molar-refractivity contribution in [3.8, 4) is 5.75 Å². The average Bonchev–Trinajstić information content (AvgIpc) is 2.38. The van der Waals surface area contributed by atoms with E-state index in [0.717, 1.165) is 13.0 Å². The normalized spacial score (nSPS) is 12.4. The van der Waals surface area contributed by atoms with Crippen LogP contribution in [0.25, 0.3) is 0 Å². The van der Waals surface area contributed by atoms with Crippen molar-refractivity contribution in [1.82, 2.24) is 10.2 Å². The largest absolute Gasteiger partial charge is 0.508 e. The van der Waals surface area contributed by atoms with Gasteiger partial charge < -0.3 is 15.3 Å². The van der Waals surface area contributed by atoms with E-state index in [9.17, 15) is 9.90 Å². The summed E-state index contributed by atoms with van der Waals surface area (Å²) in [7, 11) is 3.68. The fourth-order valence-electron chi connectivity index (χ4n) is 1.75. The van der Waals surface area contributed by atoms with Crippen LogP contribution in [0.2, 0.25) is 0 Å². The Bertz CT molecular complexity index is 376. The maximum Gasteiger partial charge on any atom is 0.221 e. The number of likely N-dealkylation sites (N-methyl/N-ethyl adjacent to an activating group) is 1. The molecule has 0 saturated heterocycles. The second kappa shape index (κ2) is 7.01. The molecule has 0 heterocycles. The summed E-state index contributed by atoms with van der Waals surface area (Å²) in [5, 5.41) is 11.8. The highest BCUT2D eigenvalue weighted by atomic mass is 16.3. The Balaban J connectivity index is 2.41. The van der Waals surface area contributed by atoms with Crippen LogP contribution in [-0.2, 0) is 11.2 Å². The van der Waals surface area contributed by atoms with Crippen LogP contribution in [0.3, 0.4) is 0 Å². The Morgan fingerprint density at radius 1 is 1.39 bits per heavy atom. The Kier molecular flexibility index (Phi) is 5.65. The smallest absolute Gasteiger partial charge is 0.221 e. The first-order chi connectivity index (χ1) is 8.52. The van der Waals surface area contributed by atoms with Gasteiger partial charge in [0.05, 0.1) is 0 Å². The predicted octanol–water partition coefficient (Wildman–Crippen LogP) is 1.39. The van der Waals surface area contributed by atoms with Gasteiger partial charge in [0.2, 0.25) is 5.91 Å². The van der Waals surface area contributed by atoms with Gasteiger partial charge in [-0.3, -0.25) is 4.79 Å². The molecule has 1 aromatic carbocycles. The van der Waals surface area contributed by atoms with E-state index in [1.165, 1.54) is 5.56 Å². The number of carbonyl (C=O) groups excluding carboxylic acids is 1. The molecule has 2 N–H and O–H groups in total. The van der Waals surface area contributed by atoms with Gasteiger partial charge >= 0.3 is 0 Å². The highest BCUT2D eigenvalue weighted by Gasteiger charge is 2.11. The molecule has 0 aliphatic heterocycles. The van der Waals surface area contributed by atoms with Crippen LogP contribution in [0.4, 0.5) is 0 Å². The molecule has 100 valence electrons. The Morgan fingerprint density at radius 2 is 2.00 bits per heavy atom. The highest BCUT2D eigenvalue weighted by Crippen LogP contribution is 2.13. The van der Waals surface area contributed by atoms with E-state index in [2.05, 4.69) is 17.1 Å². The number of rotatable bonds is 6. The number of amides is 1. The summed E-state index contributed by atoms with van der Waals surface area (Å²) in [5.74, 6) is 0.359. The van der Waals surface area contributed by atoms with Gasteiger partial charge in [-0.15, -0.1) is 0 Å². The Hall–Kier alpha value is -1.55. The standard InChI is InChI=1S/C14H22N2O2/c1-11(16(3)9-8-14(18)15-2)10-12-4-6-13(17)7-5-12/h4-7,11,17H,8-10H2,1-3H3,(H,15,18). The molecule has 0 spiro atoms. The van der Waals surface area contributed by atoms with Crippen molar-refractivity contribution in [1.29, 1.82) is 0 Å². The molecule has 18 heavy (non-hydrogen) atoms. The van der Waals surface area contributed by atoms with Gasteiger partial charge in [-0.05, 0) is 38.1 Å². The zero-order valence-electron chi connectivity index (χ0n) is 11.3. The third-order valence-corrected chi connectivity index (χ3v) is 3.19. The molecule has 1 atom stereocenters.